The van der Waals surface area contributed by atoms with Gasteiger partial charge < -0.3 is 33.2 Å². The second-order valence-corrected chi connectivity index (χ2v) is 7.19. The zero-order valence-corrected chi connectivity index (χ0v) is 22.5. The molecule has 15 nitrogen and oxygen atoms in total. The number of pyridine rings is 1. The minimum Gasteiger partial charge on any atom is -0.469 e. The Morgan fingerprint density at radius 3 is 1.67 bits per heavy atom. The quantitative estimate of drug-likeness (QED) is 0.144. The van der Waals surface area contributed by atoms with Gasteiger partial charge in [-0.05, 0) is 6.92 Å². The van der Waals surface area contributed by atoms with E-state index in [1.165, 1.54) is 0 Å². The summed E-state index contributed by atoms with van der Waals surface area (Å²) >= 11 is 0. The fraction of sp³-hybridized carbons (Fsp3) is 0.458. The monoisotopic (exact) mass is 555 g/mol. The highest BCUT2D eigenvalue weighted by Crippen LogP contribution is 2.30. The Labute approximate surface area is 222 Å². The van der Waals surface area contributed by atoms with E-state index in [-0.39, 0.29) is 13.2 Å². The third-order valence-corrected chi connectivity index (χ3v) is 5.21. The van der Waals surface area contributed by atoms with E-state index in [2.05, 4.69) is 9.47 Å². The van der Waals surface area contributed by atoms with Crippen LogP contribution >= 0.6 is 0 Å². The van der Waals surface area contributed by atoms with Crippen LogP contribution in [0.2, 0.25) is 0 Å². The van der Waals surface area contributed by atoms with Crippen LogP contribution in [0.25, 0.3) is 5.57 Å². The molecular weight excluding hydrogens is 526 g/mol. The summed E-state index contributed by atoms with van der Waals surface area (Å²) in [6.45, 7) is 1.29. The van der Waals surface area contributed by atoms with Crippen LogP contribution in [0.4, 0.5) is 0 Å². The lowest BCUT2D eigenvalue weighted by molar-refractivity contribution is -0.143. The molecule has 0 radical (unpaired) electrons. The molecule has 0 aliphatic carbocycles. The zero-order chi connectivity index (χ0) is 29.9. The highest BCUT2D eigenvalue weighted by molar-refractivity contribution is 6.26. The van der Waals surface area contributed by atoms with E-state index in [4.69, 9.17) is 23.7 Å². The molecule has 0 saturated carbocycles. The van der Waals surface area contributed by atoms with Crippen molar-refractivity contribution in [1.29, 1.82) is 0 Å². The number of hydrogen-bond acceptors (Lipinski definition) is 14. The molecule has 0 spiro atoms. The molecule has 0 fully saturated rings. The Morgan fingerprint density at radius 2 is 1.21 bits per heavy atom. The summed E-state index contributed by atoms with van der Waals surface area (Å²) in [7, 11) is 5.59. The van der Waals surface area contributed by atoms with Crippen LogP contribution in [0.1, 0.15) is 50.1 Å². The van der Waals surface area contributed by atoms with Crippen molar-refractivity contribution in [2.75, 3.05) is 55.9 Å². The van der Waals surface area contributed by atoms with Crippen LogP contribution in [0.5, 0.6) is 0 Å². The number of aromatic nitrogens is 1. The SMILES string of the molecule is CCOCCn1c(C(=O)OC)c(C(=O)OC)c(C(=O)OC)c(/C(C(=O)OC)=C(/CC(=O)OC)C(=O)OC)c1=O. The highest BCUT2D eigenvalue weighted by atomic mass is 16.5. The first kappa shape index (κ1) is 32.5. The average Bonchev–Trinajstić information content (AvgIpc) is 2.95. The van der Waals surface area contributed by atoms with E-state index in [0.29, 0.717) is 4.57 Å². The van der Waals surface area contributed by atoms with Crippen molar-refractivity contribution in [3.8, 4) is 0 Å². The standard InChI is InChI=1S/C24H29NO14/c1-8-39-10-9-25-18(24(32)38-7)17(23(31)37-6)16(22(30)36-5)15(19(25)27)14(21(29)35-4)12(20(28)34-3)11-13(26)33-2/h8-11H2,1-7H3/b14-12+. The number of rotatable bonds is 12. The Balaban J connectivity index is 4.70. The van der Waals surface area contributed by atoms with Crippen LogP contribution in [-0.2, 0) is 54.1 Å². The summed E-state index contributed by atoms with van der Waals surface area (Å²) in [4.78, 5) is 90.9. The van der Waals surface area contributed by atoms with E-state index in [9.17, 15) is 33.6 Å². The second kappa shape index (κ2) is 15.0. The number of ether oxygens (including phenoxy) is 7. The highest BCUT2D eigenvalue weighted by Gasteiger charge is 2.39. The average molecular weight is 555 g/mol. The van der Waals surface area contributed by atoms with Crippen molar-refractivity contribution in [2.45, 2.75) is 19.9 Å². The van der Waals surface area contributed by atoms with Gasteiger partial charge in [0.2, 0.25) is 0 Å². The molecule has 214 valence electrons. The Bertz CT molecular complexity index is 1240. The predicted octanol–water partition coefficient (Wildman–Crippen LogP) is -0.0927. The first-order valence-electron chi connectivity index (χ1n) is 11.1. The van der Waals surface area contributed by atoms with E-state index in [1.54, 1.807) is 6.92 Å². The molecule has 0 N–H and O–H groups in total. The molecule has 15 heteroatoms. The van der Waals surface area contributed by atoms with Crippen LogP contribution in [-0.4, -0.2) is 96.3 Å². The lowest BCUT2D eigenvalue weighted by atomic mass is 9.90. The molecule has 1 aromatic rings. The molecule has 0 atom stereocenters. The van der Waals surface area contributed by atoms with Crippen LogP contribution < -0.4 is 5.56 Å². The first-order valence-corrected chi connectivity index (χ1v) is 11.1. The molecule has 0 aliphatic rings. The number of nitrogens with zero attached hydrogens (tertiary/aromatic N) is 1. The number of methoxy groups -OCH3 is 6. The lowest BCUT2D eigenvalue weighted by Gasteiger charge is -2.21. The minimum atomic E-state index is -1.38. The van der Waals surface area contributed by atoms with E-state index in [1.807, 2.05) is 0 Å². The number of carbonyl (C=O) groups is 6. The van der Waals surface area contributed by atoms with Gasteiger partial charge >= 0.3 is 35.8 Å². The smallest absolute Gasteiger partial charge is 0.355 e. The third kappa shape index (κ3) is 7.07. The van der Waals surface area contributed by atoms with E-state index in [0.717, 1.165) is 42.7 Å². The van der Waals surface area contributed by atoms with E-state index < -0.39 is 87.9 Å². The van der Waals surface area contributed by atoms with Crippen molar-refractivity contribution >= 4 is 41.4 Å². The van der Waals surface area contributed by atoms with Crippen molar-refractivity contribution in [3.63, 3.8) is 0 Å². The fourth-order valence-corrected chi connectivity index (χ4v) is 3.46. The van der Waals surface area contributed by atoms with Gasteiger partial charge in [0.15, 0.2) is 0 Å². The summed E-state index contributed by atoms with van der Waals surface area (Å²) < 4.78 is 34.2. The Morgan fingerprint density at radius 1 is 0.667 bits per heavy atom. The number of esters is 6. The van der Waals surface area contributed by atoms with Crippen LogP contribution in [0, 0.1) is 0 Å². The summed E-state index contributed by atoms with van der Waals surface area (Å²) in [5.41, 5.74) is -6.32. The topological polar surface area (TPSA) is 189 Å². The zero-order valence-electron chi connectivity index (χ0n) is 22.5. The normalized spacial score (nSPS) is 11.1. The van der Waals surface area contributed by atoms with Gasteiger partial charge in [-0.3, -0.25) is 14.2 Å². The van der Waals surface area contributed by atoms with Gasteiger partial charge in [-0.15, -0.1) is 0 Å². The summed E-state index contributed by atoms with van der Waals surface area (Å²) in [5, 5.41) is 0. The largest absolute Gasteiger partial charge is 0.469 e. The maximum atomic E-state index is 14.0. The van der Waals surface area contributed by atoms with Gasteiger partial charge in [0.25, 0.3) is 5.56 Å². The maximum absolute atomic E-state index is 14.0. The molecule has 0 aliphatic heterocycles. The molecule has 1 rings (SSSR count). The van der Waals surface area contributed by atoms with Crippen LogP contribution in [0.3, 0.4) is 0 Å². The predicted molar refractivity (Wildman–Crippen MR) is 129 cm³/mol. The summed E-state index contributed by atoms with van der Waals surface area (Å²) in [6.07, 6.45) is -0.918. The molecule has 1 aromatic heterocycles. The summed E-state index contributed by atoms with van der Waals surface area (Å²) in [5.74, 6) is -7.60. The molecule has 0 bridgehead atoms. The van der Waals surface area contributed by atoms with Crippen molar-refractivity contribution in [2.24, 2.45) is 0 Å². The molecule has 1 heterocycles. The fourth-order valence-electron chi connectivity index (χ4n) is 3.46. The van der Waals surface area contributed by atoms with Gasteiger partial charge in [0.1, 0.15) is 11.3 Å². The summed E-state index contributed by atoms with van der Waals surface area (Å²) in [6, 6.07) is 0. The first-order chi connectivity index (χ1) is 18.5. The Hall–Kier alpha value is -4.53. The molecule has 0 unspecified atom stereocenters. The number of carbonyl (C=O) groups excluding carboxylic acids is 6. The van der Waals surface area contributed by atoms with Crippen molar-refractivity contribution in [3.05, 3.63) is 38.3 Å². The van der Waals surface area contributed by atoms with Gasteiger partial charge in [0, 0.05) is 13.2 Å². The number of hydrogen-bond donors (Lipinski definition) is 0. The molecule has 0 saturated heterocycles. The van der Waals surface area contributed by atoms with Crippen LogP contribution in [0.15, 0.2) is 10.4 Å². The molecule has 0 amide bonds. The third-order valence-electron chi connectivity index (χ3n) is 5.21. The van der Waals surface area contributed by atoms with Gasteiger partial charge in [-0.2, -0.15) is 0 Å². The maximum Gasteiger partial charge on any atom is 0.355 e. The van der Waals surface area contributed by atoms with Gasteiger partial charge in [0.05, 0.1) is 78.0 Å². The van der Waals surface area contributed by atoms with Gasteiger partial charge in [-0.1, -0.05) is 0 Å². The molecule has 0 aromatic carbocycles. The molecule has 39 heavy (non-hydrogen) atoms. The van der Waals surface area contributed by atoms with Crippen molar-refractivity contribution in [1.82, 2.24) is 4.57 Å². The van der Waals surface area contributed by atoms with Gasteiger partial charge in [-0.25, -0.2) is 24.0 Å². The van der Waals surface area contributed by atoms with E-state index >= 15 is 0 Å². The second-order valence-electron chi connectivity index (χ2n) is 7.19. The van der Waals surface area contributed by atoms with Crippen molar-refractivity contribution < 1.29 is 61.9 Å². The minimum absolute atomic E-state index is 0.179. The Kier molecular flexibility index (Phi) is 12.5. The molecular formula is C24H29NO14. The lowest BCUT2D eigenvalue weighted by Crippen LogP contribution is -2.38.